The van der Waals surface area contributed by atoms with Gasteiger partial charge in [0.15, 0.2) is 0 Å². The molecule has 0 saturated carbocycles. The summed E-state index contributed by atoms with van der Waals surface area (Å²) >= 11 is 0. The van der Waals surface area contributed by atoms with Crippen LogP contribution in [-0.2, 0) is 0 Å². The van der Waals surface area contributed by atoms with E-state index in [-0.39, 0.29) is 0 Å². The lowest BCUT2D eigenvalue weighted by molar-refractivity contribution is 0.0730. The smallest absolute Gasteiger partial charge is 0.343 e. The molecule has 0 amide bonds. The first-order chi connectivity index (χ1) is 19.1. The topological polar surface area (TPSA) is 85.6 Å². The molecule has 0 atom stereocenters. The Balaban J connectivity index is 1.35. The molecule has 0 radical (unpaired) electrons. The number of hydrogen-bond donors (Lipinski definition) is 0. The lowest BCUT2D eigenvalue weighted by Gasteiger charge is -2.08. The average molecular weight is 528 g/mol. The predicted molar refractivity (Wildman–Crippen MR) is 151 cm³/mol. The molecule has 0 unspecified atom stereocenters. The van der Waals surface area contributed by atoms with Crippen molar-refractivity contribution < 1.29 is 23.8 Å². The Morgan fingerprint density at radius 3 is 1.46 bits per heavy atom. The summed E-state index contributed by atoms with van der Waals surface area (Å²) in [6, 6.07) is 21.3. The normalized spacial score (nSPS) is 10.5. The van der Waals surface area contributed by atoms with E-state index in [1.807, 2.05) is 6.07 Å². The molecule has 6 nitrogen and oxygen atoms in total. The lowest BCUT2D eigenvalue weighted by Crippen LogP contribution is -2.10. The summed E-state index contributed by atoms with van der Waals surface area (Å²) in [6.45, 7) is 2.91. The zero-order chi connectivity index (χ0) is 27.7. The third-order valence-corrected chi connectivity index (χ3v) is 6.35. The monoisotopic (exact) mass is 527 g/mol. The molecule has 3 rings (SSSR count). The van der Waals surface area contributed by atoms with Gasteiger partial charge in [-0.2, -0.15) is 5.26 Å². The molecule has 0 bridgehead atoms. The van der Waals surface area contributed by atoms with Crippen LogP contribution in [0.2, 0.25) is 0 Å². The summed E-state index contributed by atoms with van der Waals surface area (Å²) in [6.07, 6.45) is 12.8. The molecule has 0 N–H and O–H groups in total. The Hall–Kier alpha value is -4.11. The molecule has 0 aliphatic heterocycles. The maximum atomic E-state index is 12.5. The number of carbonyl (C=O) groups excluding carboxylic acids is 2. The standard InChI is InChI=1S/C33H37NO5/c1-2-3-4-5-6-7-8-9-10-11-24-37-29-20-14-27(15-21-29)32(35)39-31-22-16-28(17-23-31)33(36)38-30-18-12-26(25-34)13-19-30/h12-23H,2-11,24H2,1H3. The SMILES string of the molecule is CCCCCCCCCCCCOc1ccc(C(=O)Oc2ccc(C(=O)Oc3ccc(C#N)cc3)cc2)cc1. The van der Waals surface area contributed by atoms with Gasteiger partial charge in [-0.05, 0) is 79.2 Å². The molecule has 0 aliphatic rings. The highest BCUT2D eigenvalue weighted by molar-refractivity contribution is 5.92. The maximum Gasteiger partial charge on any atom is 0.343 e. The molecule has 0 heterocycles. The summed E-state index contributed by atoms with van der Waals surface area (Å²) in [5.74, 6) is 0.337. The van der Waals surface area contributed by atoms with Gasteiger partial charge in [-0.3, -0.25) is 0 Å². The fourth-order valence-electron chi connectivity index (χ4n) is 4.06. The van der Waals surface area contributed by atoms with E-state index >= 15 is 0 Å². The van der Waals surface area contributed by atoms with Crippen LogP contribution in [0.1, 0.15) is 97.4 Å². The third kappa shape index (κ3) is 10.6. The Labute approximate surface area is 231 Å². The second-order valence-corrected chi connectivity index (χ2v) is 9.49. The van der Waals surface area contributed by atoms with Crippen LogP contribution in [0, 0.1) is 11.3 Å². The number of unbranched alkanes of at least 4 members (excludes halogenated alkanes) is 9. The van der Waals surface area contributed by atoms with E-state index in [1.54, 1.807) is 48.5 Å². The summed E-state index contributed by atoms with van der Waals surface area (Å²) in [5.41, 5.74) is 1.20. The molecule has 6 heteroatoms. The third-order valence-electron chi connectivity index (χ3n) is 6.35. The highest BCUT2D eigenvalue weighted by atomic mass is 16.5. The minimum Gasteiger partial charge on any atom is -0.494 e. The largest absolute Gasteiger partial charge is 0.494 e. The van der Waals surface area contributed by atoms with Crippen molar-refractivity contribution in [2.45, 2.75) is 71.1 Å². The molecule has 0 aromatic heterocycles. The molecular formula is C33H37NO5. The van der Waals surface area contributed by atoms with Crippen LogP contribution in [0.25, 0.3) is 0 Å². The maximum absolute atomic E-state index is 12.5. The van der Waals surface area contributed by atoms with Crippen LogP contribution in [0.4, 0.5) is 0 Å². The van der Waals surface area contributed by atoms with E-state index in [1.165, 1.54) is 82.1 Å². The Bertz CT molecular complexity index is 1190. The second-order valence-electron chi connectivity index (χ2n) is 9.49. The van der Waals surface area contributed by atoms with E-state index in [0.717, 1.165) is 12.2 Å². The van der Waals surface area contributed by atoms with Gasteiger partial charge in [-0.25, -0.2) is 9.59 Å². The lowest BCUT2D eigenvalue weighted by atomic mass is 10.1. The first kappa shape index (κ1) is 29.4. The quantitative estimate of drug-likeness (QED) is 0.106. The fraction of sp³-hybridized carbons (Fsp3) is 0.364. The van der Waals surface area contributed by atoms with Crippen molar-refractivity contribution >= 4 is 11.9 Å². The van der Waals surface area contributed by atoms with Gasteiger partial charge in [0.25, 0.3) is 0 Å². The van der Waals surface area contributed by atoms with Crippen molar-refractivity contribution in [3.05, 3.63) is 89.5 Å². The molecular weight excluding hydrogens is 490 g/mol. The van der Waals surface area contributed by atoms with Crippen LogP contribution >= 0.6 is 0 Å². The zero-order valence-corrected chi connectivity index (χ0v) is 22.7. The van der Waals surface area contributed by atoms with Crippen LogP contribution in [0.5, 0.6) is 17.2 Å². The summed E-state index contributed by atoms with van der Waals surface area (Å²) in [7, 11) is 0. The van der Waals surface area contributed by atoms with Gasteiger partial charge >= 0.3 is 11.9 Å². The number of rotatable bonds is 16. The Morgan fingerprint density at radius 2 is 1.00 bits per heavy atom. The number of carbonyl (C=O) groups is 2. The predicted octanol–water partition coefficient (Wildman–Crippen LogP) is 8.30. The van der Waals surface area contributed by atoms with Crippen molar-refractivity contribution in [1.29, 1.82) is 5.26 Å². The van der Waals surface area contributed by atoms with E-state index in [9.17, 15) is 9.59 Å². The first-order valence-corrected chi connectivity index (χ1v) is 13.9. The van der Waals surface area contributed by atoms with Crippen LogP contribution in [0.3, 0.4) is 0 Å². The molecule has 39 heavy (non-hydrogen) atoms. The van der Waals surface area contributed by atoms with Crippen molar-refractivity contribution in [2.24, 2.45) is 0 Å². The summed E-state index contributed by atoms with van der Waals surface area (Å²) < 4.78 is 16.5. The zero-order valence-electron chi connectivity index (χ0n) is 22.7. The molecule has 0 saturated heterocycles. The van der Waals surface area contributed by atoms with Gasteiger partial charge < -0.3 is 14.2 Å². The fourth-order valence-corrected chi connectivity index (χ4v) is 4.06. The number of nitrogens with zero attached hydrogens (tertiary/aromatic N) is 1. The van der Waals surface area contributed by atoms with Gasteiger partial charge in [0.05, 0.1) is 29.4 Å². The molecule has 0 aliphatic carbocycles. The first-order valence-electron chi connectivity index (χ1n) is 13.9. The molecule has 0 spiro atoms. The number of esters is 2. The van der Waals surface area contributed by atoms with E-state index in [4.69, 9.17) is 19.5 Å². The minimum absolute atomic E-state index is 0.308. The van der Waals surface area contributed by atoms with E-state index in [2.05, 4.69) is 6.92 Å². The number of benzene rings is 3. The highest BCUT2D eigenvalue weighted by Gasteiger charge is 2.12. The summed E-state index contributed by atoms with van der Waals surface area (Å²) in [4.78, 5) is 24.9. The molecule has 3 aromatic rings. The molecule has 3 aromatic carbocycles. The Kier molecular flexibility index (Phi) is 12.6. The van der Waals surface area contributed by atoms with Gasteiger partial charge in [0.2, 0.25) is 0 Å². The van der Waals surface area contributed by atoms with E-state index in [0.29, 0.717) is 34.8 Å². The number of nitriles is 1. The highest BCUT2D eigenvalue weighted by Crippen LogP contribution is 2.19. The van der Waals surface area contributed by atoms with Crippen LogP contribution in [0.15, 0.2) is 72.8 Å². The Morgan fingerprint density at radius 1 is 0.590 bits per heavy atom. The van der Waals surface area contributed by atoms with Crippen LogP contribution < -0.4 is 14.2 Å². The van der Waals surface area contributed by atoms with Crippen molar-refractivity contribution in [2.75, 3.05) is 6.61 Å². The van der Waals surface area contributed by atoms with Gasteiger partial charge in [-0.15, -0.1) is 0 Å². The molecule has 0 fully saturated rings. The van der Waals surface area contributed by atoms with Crippen molar-refractivity contribution in [3.8, 4) is 23.3 Å². The van der Waals surface area contributed by atoms with E-state index < -0.39 is 11.9 Å². The van der Waals surface area contributed by atoms with Crippen LogP contribution in [-0.4, -0.2) is 18.5 Å². The van der Waals surface area contributed by atoms with Gasteiger partial charge in [0.1, 0.15) is 17.2 Å². The van der Waals surface area contributed by atoms with Gasteiger partial charge in [-0.1, -0.05) is 64.7 Å². The van der Waals surface area contributed by atoms with Crippen molar-refractivity contribution in [1.82, 2.24) is 0 Å². The minimum atomic E-state index is -0.550. The summed E-state index contributed by atoms with van der Waals surface area (Å²) in [5, 5.41) is 8.85. The average Bonchev–Trinajstić information content (AvgIpc) is 2.97. The van der Waals surface area contributed by atoms with Crippen molar-refractivity contribution in [3.63, 3.8) is 0 Å². The van der Waals surface area contributed by atoms with Gasteiger partial charge in [0, 0.05) is 0 Å². The second kappa shape index (κ2) is 16.7. The molecule has 204 valence electrons. The number of hydrogen-bond acceptors (Lipinski definition) is 6. The number of ether oxygens (including phenoxy) is 3.